The molecule has 1 N–H and O–H groups in total. The molecule has 131 heavy (non-hydrogen) atoms. The van der Waals surface area contributed by atoms with Gasteiger partial charge in [0.1, 0.15) is 0 Å². The summed E-state index contributed by atoms with van der Waals surface area (Å²) in [5, 5.41) is 13.3. The molecule has 8 aromatic carbocycles. The number of ether oxygens (including phenoxy) is 5. The number of alkyl halides is 1. The Kier molecular flexibility index (Phi) is 34.9. The van der Waals surface area contributed by atoms with E-state index in [9.17, 15) is 33.7 Å². The van der Waals surface area contributed by atoms with Crippen LogP contribution >= 0.6 is 11.6 Å². The number of aromatic amines is 1. The Morgan fingerprint density at radius 1 is 0.466 bits per heavy atom. The number of hydrogen-bond acceptors (Lipinski definition) is 17. The average Bonchev–Trinajstić information content (AvgIpc) is 1.76. The van der Waals surface area contributed by atoms with Gasteiger partial charge in [-0.25, -0.2) is 33.7 Å². The number of H-pyrrole nitrogens is 1. The number of rotatable bonds is 34. The highest BCUT2D eigenvalue weighted by atomic mass is 35.5. The zero-order valence-electron chi connectivity index (χ0n) is 78.1. The summed E-state index contributed by atoms with van der Waals surface area (Å²) >= 11 is 6.16. The lowest BCUT2D eigenvalue weighted by atomic mass is 9.91. The number of aliphatic imine (C=N–C) groups is 2. The molecule has 16 rings (SSSR count). The van der Waals surface area contributed by atoms with Gasteiger partial charge in [0, 0.05) is 100 Å². The summed E-state index contributed by atoms with van der Waals surface area (Å²) in [6, 6.07) is 52.6. The molecule has 0 amide bonds. The van der Waals surface area contributed by atoms with Gasteiger partial charge in [-0.1, -0.05) is 149 Å². The highest BCUT2D eigenvalue weighted by Gasteiger charge is 2.35. The van der Waals surface area contributed by atoms with Crippen LogP contribution in [0.3, 0.4) is 0 Å². The van der Waals surface area contributed by atoms with E-state index < -0.39 is 40.1 Å². The van der Waals surface area contributed by atoms with E-state index in [2.05, 4.69) is 54.1 Å². The zero-order valence-corrected chi connectivity index (χ0v) is 82.1. The van der Waals surface area contributed by atoms with Gasteiger partial charge in [-0.05, 0) is 274 Å². The fourth-order valence-electron chi connectivity index (χ4n) is 17.1. The molecule has 8 heterocycles. The second-order valence-corrected chi connectivity index (χ2v) is 44.1. The van der Waals surface area contributed by atoms with Crippen LogP contribution < -0.4 is 22.0 Å². The van der Waals surface area contributed by atoms with Crippen LogP contribution in [0.1, 0.15) is 185 Å². The van der Waals surface area contributed by atoms with Crippen molar-refractivity contribution < 1.29 is 57.4 Å². The van der Waals surface area contributed by atoms with Crippen LogP contribution in [0.5, 0.6) is 5.88 Å². The Labute approximate surface area is 783 Å². The molecule has 23 nitrogen and oxygen atoms in total. The minimum absolute atomic E-state index is 0.0632. The van der Waals surface area contributed by atoms with Crippen molar-refractivity contribution in [2.24, 2.45) is 51.4 Å². The molecule has 4 saturated heterocycles. The Hall–Kier alpha value is -9.29. The van der Waals surface area contributed by atoms with Gasteiger partial charge in [-0.15, -0.1) is 16.7 Å². The Morgan fingerprint density at radius 3 is 1.33 bits per heavy atom. The van der Waals surface area contributed by atoms with E-state index >= 15 is 0 Å². The number of nitrogens with zero attached hydrogens (tertiary/aromatic N) is 9. The fraction of sp³-hybridized carbons (Fsp3) is 0.476. The average molecular weight is 1880 g/mol. The van der Waals surface area contributed by atoms with Crippen LogP contribution in [0.25, 0.3) is 21.8 Å². The van der Waals surface area contributed by atoms with Crippen LogP contribution in [-0.2, 0) is 104 Å². The number of aromatic nitrogens is 4. The van der Waals surface area contributed by atoms with Crippen molar-refractivity contribution in [3.05, 3.63) is 232 Å². The molecule has 1 atom stereocenters. The predicted molar refractivity (Wildman–Crippen MR) is 528 cm³/mol. The molecular weight excluding hydrogens is 1750 g/mol. The molecule has 1 unspecified atom stereocenters. The van der Waals surface area contributed by atoms with E-state index in [-0.39, 0.29) is 33.5 Å². The number of sulfonamides is 4. The molecule has 4 fully saturated rings. The van der Waals surface area contributed by atoms with Gasteiger partial charge in [0.2, 0.25) is 5.88 Å². The Morgan fingerprint density at radius 2 is 0.870 bits per heavy atom. The number of aryl methyl sites for hydroxylation is 4. The van der Waals surface area contributed by atoms with Gasteiger partial charge in [0.15, 0.2) is 0 Å². The summed E-state index contributed by atoms with van der Waals surface area (Å²) in [4.78, 5) is 10.6. The van der Waals surface area contributed by atoms with E-state index in [0.29, 0.717) is 113 Å². The van der Waals surface area contributed by atoms with Crippen molar-refractivity contribution >= 4 is 108 Å². The number of halogens is 1. The van der Waals surface area contributed by atoms with Crippen molar-refractivity contribution in [3.8, 4) is 5.88 Å². The molecule has 10 aromatic rings. The highest BCUT2D eigenvalue weighted by molar-refractivity contribution is 7.93. The minimum atomic E-state index is -3.78. The molecule has 0 aliphatic carbocycles. The summed E-state index contributed by atoms with van der Waals surface area (Å²) in [6.45, 7) is 32.9. The monoisotopic (exact) mass is 1880 g/mol. The SMILES string of the molecule is CCc1ccc(N(CC(C)C)S(=O)(=O)c2ccc3[nH]nc(OCC4CCOCC4)c3c2)cc1.CCc1ccc(N(CC(C)C)S(=O)(=O)c2ccc3c(c2)CN=C3C=C2CCOCC2)cc1.CCc1ccc(N(CC(C)C)S(=O)(=O)c2ccc3c(c2)CN=C3CC2CCOCC2)cc1.CCc1ccc(N(CC(CC)CCl)S(=O)(=O)c2ccc3c(cnn3CC3CCOCC3)c2)cc1. The molecular formula is C103H133ClN10O13S4. The maximum absolute atomic E-state index is 13.9. The first-order valence-electron chi connectivity index (χ1n) is 47.0. The van der Waals surface area contributed by atoms with E-state index in [0.717, 1.165) is 199 Å². The number of nitrogens with one attached hydrogen (secondary N) is 1. The molecule has 0 bridgehead atoms. The molecule has 6 aliphatic heterocycles. The zero-order chi connectivity index (χ0) is 93.0. The van der Waals surface area contributed by atoms with Crippen LogP contribution in [0, 0.1) is 41.4 Å². The standard InChI is InChI=1S/C26H34ClN3O3S.C26H34N2O3S.C26H32N2O3S.C25H33N3O4S/c1-3-20-5-7-24(8-6-20)30(19-21(4-2)16-27)34(31,32)25-9-10-26-23(15-25)17-28-29(26)18-22-11-13-33-14-12-22;2*1-4-20-5-7-23(8-6-20)28(18-19(2)3)32(29,30)24-9-10-25-22(16-24)17-27-26(25)15-21-11-13-31-14-12-21;1-4-19-5-7-21(8-6-19)28(16-18(2)3)33(29,30)22-9-10-24-23(15-22)25(27-26-24)32-17-20-11-13-31-14-12-20/h5-10,15,17,21-22H,3-4,11-14,16,18-19H2,1-2H3;5-10,16,19,21H,4,11-15,17-18H2,1-3H3;5-10,15-16,19H,4,11-14,17-18H2,1-3H3;5-10,15,18,20H,4,11-14,16-17H2,1-3H3,(H,26,27). The van der Waals surface area contributed by atoms with Crippen molar-refractivity contribution in [1.29, 1.82) is 0 Å². The molecule has 0 saturated carbocycles. The molecule has 2 aromatic heterocycles. The highest BCUT2D eigenvalue weighted by Crippen LogP contribution is 2.38. The largest absolute Gasteiger partial charge is 0.476 e. The number of allylic oxidation sites excluding steroid dienone is 1. The number of benzene rings is 8. The quantitative estimate of drug-likeness (QED) is 0.0367. The lowest BCUT2D eigenvalue weighted by Gasteiger charge is -2.28. The summed E-state index contributed by atoms with van der Waals surface area (Å²) in [7, 11) is -14.9. The maximum atomic E-state index is 13.9. The van der Waals surface area contributed by atoms with E-state index in [1.54, 1.807) is 63.3 Å². The van der Waals surface area contributed by atoms with Gasteiger partial charge >= 0.3 is 0 Å². The van der Waals surface area contributed by atoms with E-state index in [1.165, 1.54) is 36.4 Å². The van der Waals surface area contributed by atoms with Crippen molar-refractivity contribution in [3.63, 3.8) is 0 Å². The Bertz CT molecular complexity index is 6010. The summed E-state index contributed by atoms with van der Waals surface area (Å²) in [5.41, 5.74) is 16.7. The smallest absolute Gasteiger partial charge is 0.264 e. The minimum Gasteiger partial charge on any atom is -0.476 e. The van der Waals surface area contributed by atoms with Crippen LogP contribution in [-0.4, -0.2) is 157 Å². The molecule has 704 valence electrons. The first-order valence-corrected chi connectivity index (χ1v) is 53.3. The van der Waals surface area contributed by atoms with Gasteiger partial charge in [0.05, 0.1) is 104 Å². The third kappa shape index (κ3) is 25.2. The summed E-state index contributed by atoms with van der Waals surface area (Å²) < 4.78 is 146. The number of anilines is 4. The van der Waals surface area contributed by atoms with Gasteiger partial charge in [-0.3, -0.25) is 37.0 Å². The molecule has 0 spiro atoms. The molecule has 6 aliphatic rings. The Balaban J connectivity index is 0.000000149. The lowest BCUT2D eigenvalue weighted by molar-refractivity contribution is 0.0492. The maximum Gasteiger partial charge on any atom is 0.264 e. The van der Waals surface area contributed by atoms with Crippen molar-refractivity contribution in [2.75, 3.05) is 109 Å². The van der Waals surface area contributed by atoms with Gasteiger partial charge < -0.3 is 23.7 Å². The molecule has 0 radical (unpaired) electrons. The van der Waals surface area contributed by atoms with E-state index in [1.807, 2.05) is 174 Å². The first-order chi connectivity index (χ1) is 63.1. The second-order valence-electron chi connectivity index (χ2n) is 36.3. The second kappa shape index (κ2) is 46.1. The normalized spacial score (nSPS) is 16.1. The lowest BCUT2D eigenvalue weighted by Crippen LogP contribution is -2.36. The number of fused-ring (bicyclic) bond motifs is 4. The fourth-order valence-corrected chi connectivity index (χ4v) is 24.1. The van der Waals surface area contributed by atoms with Crippen LogP contribution in [0.2, 0.25) is 0 Å². The van der Waals surface area contributed by atoms with Crippen molar-refractivity contribution in [1.82, 2.24) is 20.0 Å². The topological polar surface area (TPSA) is 267 Å². The third-order valence-corrected chi connectivity index (χ3v) is 32.9. The van der Waals surface area contributed by atoms with Crippen LogP contribution in [0.15, 0.2) is 217 Å². The van der Waals surface area contributed by atoms with E-state index in [4.69, 9.17) is 40.3 Å². The summed E-state index contributed by atoms with van der Waals surface area (Å²) in [5.74, 6) is 3.04. The molecule has 28 heteroatoms. The van der Waals surface area contributed by atoms with Gasteiger partial charge in [0.25, 0.3) is 40.1 Å². The van der Waals surface area contributed by atoms with Gasteiger partial charge in [-0.2, -0.15) is 5.10 Å². The predicted octanol–water partition coefficient (Wildman–Crippen LogP) is 20.6. The summed E-state index contributed by atoms with van der Waals surface area (Å²) in [6.07, 6.45) is 17.3. The number of hydrogen-bond donors (Lipinski definition) is 1. The van der Waals surface area contributed by atoms with Crippen molar-refractivity contribution in [2.45, 2.75) is 205 Å². The first kappa shape index (κ1) is 99.2. The van der Waals surface area contributed by atoms with Crippen LogP contribution in [0.4, 0.5) is 22.7 Å². The third-order valence-electron chi connectivity index (χ3n) is 25.3.